The molecule has 1 fully saturated rings. The van der Waals surface area contributed by atoms with Crippen molar-refractivity contribution < 1.29 is 84.9 Å². The summed E-state index contributed by atoms with van der Waals surface area (Å²) in [5.74, 6) is -2.16. The van der Waals surface area contributed by atoms with Gasteiger partial charge >= 0.3 is 23.5 Å². The minimum atomic E-state index is -5.61. The number of rotatable bonds is 23. The Morgan fingerprint density at radius 2 is 1.78 bits per heavy atom. The highest BCUT2D eigenvalue weighted by atomic mass is 32.2. The van der Waals surface area contributed by atoms with Crippen molar-refractivity contribution in [3.8, 4) is 0 Å². The van der Waals surface area contributed by atoms with Gasteiger partial charge in [0.1, 0.15) is 42.1 Å². The number of anilines is 1. The molecule has 7 unspecified atom stereocenters. The van der Waals surface area contributed by atoms with Crippen LogP contribution in [0.4, 0.5) is 10.2 Å². The van der Waals surface area contributed by atoms with Crippen LogP contribution in [0.3, 0.4) is 0 Å². The second-order valence-electron chi connectivity index (χ2n) is 13.5. The first-order valence-electron chi connectivity index (χ1n) is 17.4. The molecule has 10 N–H and O–H groups in total. The number of imidazole rings is 1. The van der Waals surface area contributed by atoms with Gasteiger partial charge in [-0.25, -0.2) is 33.0 Å². The van der Waals surface area contributed by atoms with Crippen molar-refractivity contribution in [2.45, 2.75) is 77.1 Å². The molecule has 59 heavy (non-hydrogen) atoms. The summed E-state index contributed by atoms with van der Waals surface area (Å²) >= 11 is 0.816. The predicted octanol–water partition coefficient (Wildman–Crippen LogP) is 1.05. The monoisotopic (exact) mass is 921 g/mol. The van der Waals surface area contributed by atoms with E-state index in [0.717, 1.165) is 35.1 Å². The lowest BCUT2D eigenvalue weighted by Crippen LogP contribution is -2.46. The van der Waals surface area contributed by atoms with Gasteiger partial charge in [-0.2, -0.15) is 4.31 Å². The number of hydrogen-bond donors (Lipinski definition) is 9. The van der Waals surface area contributed by atoms with Crippen molar-refractivity contribution >= 4 is 69.1 Å². The zero-order valence-corrected chi connectivity index (χ0v) is 35.6. The molecule has 332 valence electrons. The first kappa shape index (κ1) is 50.3. The van der Waals surface area contributed by atoms with Gasteiger partial charge in [0.25, 0.3) is 0 Å². The van der Waals surface area contributed by atoms with E-state index in [2.05, 4.69) is 36.5 Å². The molecular weight excluding hydrogens is 874 g/mol. The van der Waals surface area contributed by atoms with E-state index in [1.54, 1.807) is 6.92 Å². The lowest BCUT2D eigenvalue weighted by atomic mass is 9.87. The number of carbonyl (C=O) groups is 3. The van der Waals surface area contributed by atoms with E-state index < -0.39 is 95.0 Å². The molecule has 7 atom stereocenters. The minimum absolute atomic E-state index is 0.000367. The van der Waals surface area contributed by atoms with Crippen molar-refractivity contribution in [1.82, 2.24) is 30.2 Å². The number of fused-ring (bicyclic) bond motifs is 1. The van der Waals surface area contributed by atoms with Crippen molar-refractivity contribution in [1.29, 1.82) is 0 Å². The summed E-state index contributed by atoms with van der Waals surface area (Å²) in [6.45, 7) is 6.51. The van der Waals surface area contributed by atoms with E-state index in [-0.39, 0.29) is 54.2 Å². The van der Waals surface area contributed by atoms with Crippen molar-refractivity contribution in [3.63, 3.8) is 0 Å². The third-order valence-electron chi connectivity index (χ3n) is 8.43. The maximum absolute atomic E-state index is 13.9. The molecule has 1 aliphatic heterocycles. The summed E-state index contributed by atoms with van der Waals surface area (Å²) in [5, 5.41) is 26.1. The normalized spacial score (nSPS) is 22.9. The topological polar surface area (TPSA) is 364 Å². The number of phosphoric acid groups is 3. The number of ether oxygens (including phenoxy) is 1. The third kappa shape index (κ3) is 14.0. The van der Waals surface area contributed by atoms with Gasteiger partial charge in [0.2, 0.25) is 16.9 Å². The molecule has 24 nitrogen and oxygen atoms in total. The zero-order chi connectivity index (χ0) is 44.6. The van der Waals surface area contributed by atoms with Crippen LogP contribution in [0.2, 0.25) is 0 Å². The highest BCUT2D eigenvalue weighted by Crippen LogP contribution is 2.61. The van der Waals surface area contributed by atoms with Crippen LogP contribution >= 0.6 is 35.2 Å². The Kier molecular flexibility index (Phi) is 17.6. The average Bonchev–Trinajstić information content (AvgIpc) is 3.69. The maximum atomic E-state index is 13.9. The van der Waals surface area contributed by atoms with Gasteiger partial charge in [0.05, 0.1) is 19.5 Å². The second kappa shape index (κ2) is 20.7. The molecular formula is C30H47FN7O17P3S. The Labute approximate surface area is 340 Å². The molecule has 0 saturated carbocycles. The molecule has 1 aliphatic rings. The molecule has 0 aliphatic carbocycles. The van der Waals surface area contributed by atoms with Gasteiger partial charge in [0, 0.05) is 36.3 Å². The molecule has 29 heteroatoms. The van der Waals surface area contributed by atoms with E-state index in [1.165, 1.54) is 20.8 Å². The van der Waals surface area contributed by atoms with Crippen LogP contribution in [0, 0.1) is 5.41 Å². The summed E-state index contributed by atoms with van der Waals surface area (Å²) in [6, 6.07) is 0. The second-order valence-corrected chi connectivity index (χ2v) is 18.9. The number of allylic oxidation sites excluding steroid dienone is 2. The van der Waals surface area contributed by atoms with E-state index in [4.69, 9.17) is 24.0 Å². The van der Waals surface area contributed by atoms with Crippen LogP contribution < -0.4 is 16.4 Å². The summed E-state index contributed by atoms with van der Waals surface area (Å²) in [6.07, 6.45) is -3.94. The number of carbonyl (C=O) groups excluding carboxylic acids is 3. The fourth-order valence-electron chi connectivity index (χ4n) is 5.37. The van der Waals surface area contributed by atoms with Crippen LogP contribution in [0.15, 0.2) is 36.7 Å². The first-order chi connectivity index (χ1) is 27.3. The predicted molar refractivity (Wildman–Crippen MR) is 205 cm³/mol. The number of thioether (sulfide) groups is 1. The quantitative estimate of drug-likeness (QED) is 0.0325. The number of nitrogens with two attached hydrogens (primary N) is 1. The van der Waals surface area contributed by atoms with E-state index >= 15 is 0 Å². The Morgan fingerprint density at radius 3 is 2.41 bits per heavy atom. The Bertz CT molecular complexity index is 2040. The standard InChI is InChI=1S/C30H47FN7O17P3S/c1-6-8-17(18(31)7-2)28(43)59-12-11-33-20(39)9-10-34-27(42)24(41)29(3,4)14-52-58(49,50)55-57(47,48)51-13-19-22(54-56(44,45)46)23(40)30(5,53-19)38-16-37-21-25(32)35-15-36-26(21)38/h7,15-16,19,22-24,40-41H,2,6,8-14H2,1,3-5H3,(H,33,39)(H,34,42)(H,47,48)(H,49,50)(H2,32,35,36)(H2,44,45,46)/b18-17-. The van der Waals surface area contributed by atoms with Crippen LogP contribution in [-0.4, -0.2) is 123 Å². The number of halogens is 1. The fourth-order valence-corrected chi connectivity index (χ4v) is 8.95. The molecule has 0 spiro atoms. The van der Waals surface area contributed by atoms with Gasteiger partial charge in [-0.3, -0.25) is 32.5 Å². The Morgan fingerprint density at radius 1 is 1.12 bits per heavy atom. The Balaban J connectivity index is 1.51. The van der Waals surface area contributed by atoms with Crippen LogP contribution in [0.5, 0.6) is 0 Å². The van der Waals surface area contributed by atoms with E-state index in [9.17, 15) is 62.3 Å². The maximum Gasteiger partial charge on any atom is 0.481 e. The number of amides is 2. The van der Waals surface area contributed by atoms with Crippen LogP contribution in [0.25, 0.3) is 11.2 Å². The molecule has 2 aromatic rings. The fraction of sp³-hybridized carbons (Fsp3) is 0.600. The average molecular weight is 922 g/mol. The number of aliphatic hydroxyl groups is 2. The van der Waals surface area contributed by atoms with Crippen molar-refractivity contribution in [2.75, 3.05) is 37.8 Å². The summed E-state index contributed by atoms with van der Waals surface area (Å²) in [5.41, 5.74) is 2.24. The molecule has 2 amide bonds. The van der Waals surface area contributed by atoms with Crippen molar-refractivity contribution in [2.24, 2.45) is 5.41 Å². The number of phosphoric ester groups is 3. The van der Waals surface area contributed by atoms with Crippen molar-refractivity contribution in [3.05, 3.63) is 36.7 Å². The number of aliphatic hydroxyl groups excluding tert-OH is 2. The van der Waals surface area contributed by atoms with E-state index in [0.29, 0.717) is 6.42 Å². The van der Waals surface area contributed by atoms with Crippen LogP contribution in [-0.2, 0) is 56.4 Å². The highest BCUT2D eigenvalue weighted by Gasteiger charge is 2.57. The molecule has 0 bridgehead atoms. The number of nitrogen functional groups attached to an aromatic ring is 1. The Hall–Kier alpha value is -3.03. The zero-order valence-electron chi connectivity index (χ0n) is 32.1. The van der Waals surface area contributed by atoms with Gasteiger partial charge < -0.3 is 50.9 Å². The smallest absolute Gasteiger partial charge is 0.385 e. The van der Waals surface area contributed by atoms with E-state index in [1.807, 2.05) is 0 Å². The lowest BCUT2D eigenvalue weighted by Gasteiger charge is -2.30. The van der Waals surface area contributed by atoms with Gasteiger partial charge in [-0.15, -0.1) is 0 Å². The largest absolute Gasteiger partial charge is 0.481 e. The first-order valence-corrected chi connectivity index (χ1v) is 22.9. The summed E-state index contributed by atoms with van der Waals surface area (Å²) in [7, 11) is -16.5. The number of nitrogens with one attached hydrogen (secondary N) is 2. The molecule has 0 radical (unpaired) electrons. The highest BCUT2D eigenvalue weighted by molar-refractivity contribution is 8.14. The van der Waals surface area contributed by atoms with Crippen LogP contribution in [0.1, 0.15) is 47.0 Å². The third-order valence-corrected chi connectivity index (χ3v) is 12.5. The summed E-state index contributed by atoms with van der Waals surface area (Å²) in [4.78, 5) is 88.4. The molecule has 0 aromatic carbocycles. The van der Waals surface area contributed by atoms with Gasteiger partial charge in [0.15, 0.2) is 17.2 Å². The number of aromatic nitrogens is 4. The van der Waals surface area contributed by atoms with Gasteiger partial charge in [-0.1, -0.05) is 45.5 Å². The SMILES string of the molecule is C=C/C(F)=C(\CCC)C(=O)SCCNC(=O)CCNC(=O)C(O)C(C)(C)COP(=O)(O)OP(=O)(O)OCC1OC(C)(n2cnc3c(N)ncnc32)C(O)C1OP(=O)(O)O. The molecule has 1 saturated heterocycles. The molecule has 3 heterocycles. The molecule has 2 aromatic heterocycles. The van der Waals surface area contributed by atoms with Gasteiger partial charge in [-0.05, 0) is 19.4 Å². The number of hydrogen-bond acceptors (Lipinski definition) is 18. The summed E-state index contributed by atoms with van der Waals surface area (Å²) < 4.78 is 76.5. The minimum Gasteiger partial charge on any atom is -0.385 e. The lowest BCUT2D eigenvalue weighted by molar-refractivity contribution is -0.137. The molecule has 3 rings (SSSR count). The number of nitrogens with zero attached hydrogens (tertiary/aromatic N) is 4.